The fourth-order valence-electron chi connectivity index (χ4n) is 2.42. The van der Waals surface area contributed by atoms with Crippen LogP contribution in [0.4, 0.5) is 9.18 Å². The number of halogens is 1. The highest BCUT2D eigenvalue weighted by Gasteiger charge is 2.50. The predicted molar refractivity (Wildman–Crippen MR) is 72.1 cm³/mol. The van der Waals surface area contributed by atoms with Gasteiger partial charge in [-0.1, -0.05) is 6.92 Å². The molecule has 0 aromatic rings. The Balaban J connectivity index is 2.76. The number of methoxy groups -OCH3 is 1. The molecule has 1 heterocycles. The molecule has 0 bridgehead atoms. The van der Waals surface area contributed by atoms with Crippen LogP contribution in [0.1, 0.15) is 40.5 Å². The van der Waals surface area contributed by atoms with Crippen molar-refractivity contribution in [3.63, 3.8) is 0 Å². The van der Waals surface area contributed by atoms with Gasteiger partial charge in [-0.25, -0.2) is 9.18 Å². The fourth-order valence-corrected chi connectivity index (χ4v) is 2.42. The van der Waals surface area contributed by atoms with Crippen LogP contribution in [0.15, 0.2) is 0 Å². The molecule has 0 radical (unpaired) electrons. The summed E-state index contributed by atoms with van der Waals surface area (Å²) >= 11 is 0. The summed E-state index contributed by atoms with van der Waals surface area (Å²) in [6, 6.07) is 0. The van der Waals surface area contributed by atoms with Crippen molar-refractivity contribution in [3.05, 3.63) is 0 Å². The van der Waals surface area contributed by atoms with E-state index in [2.05, 4.69) is 0 Å². The van der Waals surface area contributed by atoms with E-state index in [1.807, 2.05) is 0 Å². The summed E-state index contributed by atoms with van der Waals surface area (Å²) in [6.45, 7) is 7.18. The van der Waals surface area contributed by atoms with Crippen LogP contribution in [0.25, 0.3) is 0 Å². The third kappa shape index (κ3) is 3.41. The molecule has 1 fully saturated rings. The third-order valence-corrected chi connectivity index (χ3v) is 3.68. The summed E-state index contributed by atoms with van der Waals surface area (Å²) < 4.78 is 24.4. The van der Waals surface area contributed by atoms with Crippen LogP contribution < -0.4 is 0 Å². The Bertz CT molecular complexity index is 380. The van der Waals surface area contributed by atoms with E-state index >= 15 is 0 Å². The van der Waals surface area contributed by atoms with Crippen molar-refractivity contribution < 1.29 is 23.5 Å². The average Bonchev–Trinajstić information content (AvgIpc) is 2.36. The second-order valence-corrected chi connectivity index (χ2v) is 6.15. The molecule has 5 nitrogen and oxygen atoms in total. The first-order valence-corrected chi connectivity index (χ1v) is 6.86. The Morgan fingerprint density at radius 2 is 2.00 bits per heavy atom. The van der Waals surface area contributed by atoms with Crippen molar-refractivity contribution in [2.45, 2.75) is 52.3 Å². The number of nitrogens with zero attached hydrogens (tertiary/aromatic N) is 1. The molecule has 2 unspecified atom stereocenters. The van der Waals surface area contributed by atoms with Crippen molar-refractivity contribution in [3.8, 4) is 0 Å². The molecular formula is C14H24FNO4. The number of rotatable bonds is 2. The van der Waals surface area contributed by atoms with E-state index in [9.17, 15) is 14.0 Å². The molecule has 6 heteroatoms. The minimum atomic E-state index is -1.44. The Morgan fingerprint density at radius 1 is 1.40 bits per heavy atom. The Hall–Kier alpha value is -1.33. The zero-order valence-electron chi connectivity index (χ0n) is 12.9. The van der Waals surface area contributed by atoms with Gasteiger partial charge in [-0.3, -0.25) is 4.79 Å². The van der Waals surface area contributed by atoms with Crippen LogP contribution in [-0.2, 0) is 14.3 Å². The number of hydrogen-bond acceptors (Lipinski definition) is 4. The van der Waals surface area contributed by atoms with Gasteiger partial charge in [0.1, 0.15) is 17.2 Å². The van der Waals surface area contributed by atoms with Crippen LogP contribution in [0.5, 0.6) is 0 Å². The molecule has 0 aromatic heterocycles. The number of amides is 1. The summed E-state index contributed by atoms with van der Waals surface area (Å²) in [5.41, 5.74) is -1.77. The first-order chi connectivity index (χ1) is 9.16. The molecule has 0 aliphatic carbocycles. The lowest BCUT2D eigenvalue weighted by molar-refractivity contribution is -0.162. The van der Waals surface area contributed by atoms with Gasteiger partial charge in [0.2, 0.25) is 0 Å². The standard InChI is InChI=1S/C14H24FNO4/c1-6-14(11(17)19-5)7-8-16(9-10(14)15)12(18)20-13(2,3)4/h10H,6-9H2,1-5H3. The molecule has 0 N–H and O–H groups in total. The number of ether oxygens (including phenoxy) is 2. The summed E-state index contributed by atoms with van der Waals surface area (Å²) in [5.74, 6) is -0.545. The second kappa shape index (κ2) is 5.97. The number of carbonyl (C=O) groups excluding carboxylic acids is 2. The van der Waals surface area contributed by atoms with Gasteiger partial charge in [0, 0.05) is 6.54 Å². The van der Waals surface area contributed by atoms with E-state index < -0.39 is 29.3 Å². The Morgan fingerprint density at radius 3 is 2.40 bits per heavy atom. The first-order valence-electron chi connectivity index (χ1n) is 6.86. The molecule has 1 aliphatic heterocycles. The van der Waals surface area contributed by atoms with Gasteiger partial charge in [0.25, 0.3) is 0 Å². The molecule has 1 saturated heterocycles. The normalized spacial score (nSPS) is 27.1. The van der Waals surface area contributed by atoms with E-state index in [1.54, 1.807) is 27.7 Å². The number of carbonyl (C=O) groups is 2. The number of esters is 1. The lowest BCUT2D eigenvalue weighted by Crippen LogP contribution is -2.55. The zero-order chi connectivity index (χ0) is 15.6. The van der Waals surface area contributed by atoms with Gasteiger partial charge < -0.3 is 14.4 Å². The minimum absolute atomic E-state index is 0.141. The highest BCUT2D eigenvalue weighted by atomic mass is 19.1. The Kier molecular flexibility index (Phi) is 5.00. The van der Waals surface area contributed by atoms with E-state index in [-0.39, 0.29) is 19.5 Å². The van der Waals surface area contributed by atoms with Crippen LogP contribution in [0, 0.1) is 5.41 Å². The topological polar surface area (TPSA) is 55.8 Å². The van der Waals surface area contributed by atoms with E-state index in [0.29, 0.717) is 6.42 Å². The summed E-state index contributed by atoms with van der Waals surface area (Å²) in [7, 11) is 1.26. The summed E-state index contributed by atoms with van der Waals surface area (Å²) in [6.07, 6.45) is -1.39. The van der Waals surface area contributed by atoms with Crippen LogP contribution in [-0.4, -0.2) is 48.9 Å². The molecule has 1 amide bonds. The maximum atomic E-state index is 14.4. The van der Waals surface area contributed by atoms with Gasteiger partial charge >= 0.3 is 12.1 Å². The fraction of sp³-hybridized carbons (Fsp3) is 0.857. The number of piperidine rings is 1. The van der Waals surface area contributed by atoms with Crippen LogP contribution in [0.2, 0.25) is 0 Å². The largest absolute Gasteiger partial charge is 0.469 e. The number of likely N-dealkylation sites (tertiary alicyclic amines) is 1. The van der Waals surface area contributed by atoms with Crippen molar-refractivity contribution in [1.29, 1.82) is 0 Å². The molecule has 1 aliphatic rings. The van der Waals surface area contributed by atoms with Crippen LogP contribution >= 0.6 is 0 Å². The predicted octanol–water partition coefficient (Wildman–Crippen LogP) is 2.53. The van der Waals surface area contributed by atoms with Gasteiger partial charge in [-0.05, 0) is 33.6 Å². The highest BCUT2D eigenvalue weighted by molar-refractivity contribution is 5.78. The van der Waals surface area contributed by atoms with Gasteiger partial charge in [0.05, 0.1) is 13.7 Å². The number of alkyl halides is 1. The molecule has 0 aromatic carbocycles. The quantitative estimate of drug-likeness (QED) is 0.733. The van der Waals surface area contributed by atoms with Crippen molar-refractivity contribution in [2.24, 2.45) is 5.41 Å². The lowest BCUT2D eigenvalue weighted by atomic mass is 9.75. The maximum absolute atomic E-state index is 14.4. The van der Waals surface area contributed by atoms with Gasteiger partial charge in [-0.2, -0.15) is 0 Å². The molecule has 20 heavy (non-hydrogen) atoms. The van der Waals surface area contributed by atoms with Gasteiger partial charge in [-0.15, -0.1) is 0 Å². The smallest absolute Gasteiger partial charge is 0.410 e. The monoisotopic (exact) mass is 289 g/mol. The number of hydrogen-bond donors (Lipinski definition) is 0. The van der Waals surface area contributed by atoms with E-state index in [4.69, 9.17) is 9.47 Å². The molecule has 0 saturated carbocycles. The zero-order valence-corrected chi connectivity index (χ0v) is 12.9. The van der Waals surface area contributed by atoms with E-state index in [0.717, 1.165) is 0 Å². The molecule has 0 spiro atoms. The molecular weight excluding hydrogens is 265 g/mol. The summed E-state index contributed by atoms with van der Waals surface area (Å²) in [5, 5.41) is 0. The van der Waals surface area contributed by atoms with Crippen molar-refractivity contribution in [2.75, 3.05) is 20.2 Å². The summed E-state index contributed by atoms with van der Waals surface area (Å²) in [4.78, 5) is 25.1. The SMILES string of the molecule is CCC1(C(=O)OC)CCN(C(=O)OC(C)(C)C)CC1F. The average molecular weight is 289 g/mol. The van der Waals surface area contributed by atoms with Crippen LogP contribution in [0.3, 0.4) is 0 Å². The third-order valence-electron chi connectivity index (χ3n) is 3.68. The van der Waals surface area contributed by atoms with Crippen molar-refractivity contribution >= 4 is 12.1 Å². The lowest BCUT2D eigenvalue weighted by Gasteiger charge is -2.41. The Labute approximate surface area is 119 Å². The van der Waals surface area contributed by atoms with E-state index in [1.165, 1.54) is 12.0 Å². The maximum Gasteiger partial charge on any atom is 0.410 e. The minimum Gasteiger partial charge on any atom is -0.469 e. The second-order valence-electron chi connectivity index (χ2n) is 6.15. The first kappa shape index (κ1) is 16.7. The van der Waals surface area contributed by atoms with Crippen molar-refractivity contribution in [1.82, 2.24) is 4.90 Å². The van der Waals surface area contributed by atoms with Gasteiger partial charge in [0.15, 0.2) is 0 Å². The molecule has 116 valence electrons. The molecule has 2 atom stereocenters. The molecule has 1 rings (SSSR count). The highest BCUT2D eigenvalue weighted by Crippen LogP contribution is 2.38.